The van der Waals surface area contributed by atoms with Crippen molar-refractivity contribution < 1.29 is 18.4 Å². The van der Waals surface area contributed by atoms with Crippen molar-refractivity contribution in [1.29, 1.82) is 0 Å². The standard InChI is InChI=1S/C17H15ClF2IN3O2/c1-9-6-12(7-14(23-9)24-10(2)25)16(26)22-8-11-4-3-5-13(15(11)18)17(19,20)21/h3-7H,8H2,1-2H3,(H,22,26)(H,23,24,25). The quantitative estimate of drug-likeness (QED) is 0.479. The van der Waals surface area contributed by atoms with Gasteiger partial charge in [-0.1, -0.05) is 29.8 Å². The third-order valence-electron chi connectivity index (χ3n) is 3.34. The average molecular weight is 494 g/mol. The zero-order valence-corrected chi connectivity index (χ0v) is 16.8. The predicted octanol–water partition coefficient (Wildman–Crippen LogP) is 4.42. The number of carbonyl (C=O) groups excluding carboxylic acids is 2. The Labute approximate surface area is 167 Å². The summed E-state index contributed by atoms with van der Waals surface area (Å²) in [7, 11) is 0. The molecule has 2 amide bonds. The molecule has 2 aromatic rings. The van der Waals surface area contributed by atoms with Crippen LogP contribution < -0.4 is 10.6 Å². The van der Waals surface area contributed by atoms with E-state index in [0.717, 1.165) is 22.6 Å². The maximum absolute atomic E-state index is 13.5. The molecule has 0 saturated carbocycles. The monoisotopic (exact) mass is 493 g/mol. The molecular formula is C17H15ClF2IN3O2. The molecular weight excluding hydrogens is 479 g/mol. The molecule has 0 fully saturated rings. The Bertz CT molecular complexity index is 856. The molecule has 2 N–H and O–H groups in total. The lowest BCUT2D eigenvalue weighted by atomic mass is 10.1. The minimum Gasteiger partial charge on any atom is -0.348 e. The Morgan fingerprint density at radius 1 is 1.31 bits per heavy atom. The molecule has 0 atom stereocenters. The van der Waals surface area contributed by atoms with Gasteiger partial charge in [-0.2, -0.15) is 8.78 Å². The molecule has 138 valence electrons. The highest BCUT2D eigenvalue weighted by Gasteiger charge is 2.30. The minimum atomic E-state index is -3.11. The second-order valence-corrected chi connectivity index (χ2v) is 7.26. The molecule has 0 bridgehead atoms. The number of aromatic nitrogens is 1. The number of benzene rings is 1. The first-order valence-corrected chi connectivity index (χ1v) is 8.92. The van der Waals surface area contributed by atoms with E-state index in [-0.39, 0.29) is 34.4 Å². The Morgan fingerprint density at radius 3 is 2.62 bits per heavy atom. The number of amides is 2. The van der Waals surface area contributed by atoms with Crippen LogP contribution in [0.4, 0.5) is 14.6 Å². The second-order valence-electron chi connectivity index (χ2n) is 5.52. The molecule has 1 heterocycles. The van der Waals surface area contributed by atoms with Crippen LogP contribution in [0.5, 0.6) is 0 Å². The van der Waals surface area contributed by atoms with Crippen LogP contribution in [0.3, 0.4) is 0 Å². The van der Waals surface area contributed by atoms with E-state index in [9.17, 15) is 18.4 Å². The van der Waals surface area contributed by atoms with Gasteiger partial charge in [0.1, 0.15) is 5.82 Å². The topological polar surface area (TPSA) is 71.1 Å². The molecule has 0 saturated heterocycles. The van der Waals surface area contributed by atoms with Gasteiger partial charge in [0.2, 0.25) is 5.91 Å². The van der Waals surface area contributed by atoms with Gasteiger partial charge in [0.05, 0.1) is 5.02 Å². The molecule has 9 heteroatoms. The highest BCUT2D eigenvalue weighted by Crippen LogP contribution is 2.40. The maximum atomic E-state index is 13.5. The molecule has 0 radical (unpaired) electrons. The summed E-state index contributed by atoms with van der Waals surface area (Å²) in [6.45, 7) is 3.00. The molecule has 0 spiro atoms. The van der Waals surface area contributed by atoms with E-state index in [1.807, 2.05) is 0 Å². The SMILES string of the molecule is CC(=O)Nc1cc(C(=O)NCc2cccc(C(F)(F)I)c2Cl)cc(C)n1. The normalized spacial score (nSPS) is 11.2. The van der Waals surface area contributed by atoms with Crippen LogP contribution in [0.15, 0.2) is 30.3 Å². The summed E-state index contributed by atoms with van der Waals surface area (Å²) in [5.41, 5.74) is 0.902. The minimum absolute atomic E-state index is 0.0188. The number of nitrogens with one attached hydrogen (secondary N) is 2. The largest absolute Gasteiger partial charge is 0.348 e. The number of rotatable bonds is 5. The van der Waals surface area contributed by atoms with E-state index >= 15 is 0 Å². The van der Waals surface area contributed by atoms with Crippen molar-refractivity contribution in [3.05, 3.63) is 57.7 Å². The first kappa shape index (κ1) is 20.5. The number of carbonyl (C=O) groups is 2. The van der Waals surface area contributed by atoms with Gasteiger partial charge in [0.25, 0.3) is 5.91 Å². The van der Waals surface area contributed by atoms with Crippen LogP contribution in [0, 0.1) is 6.92 Å². The van der Waals surface area contributed by atoms with E-state index in [1.54, 1.807) is 19.1 Å². The maximum Gasteiger partial charge on any atom is 0.323 e. The van der Waals surface area contributed by atoms with Crippen LogP contribution in [0.1, 0.15) is 34.1 Å². The Hall–Kier alpha value is -1.81. The van der Waals surface area contributed by atoms with Crippen molar-refractivity contribution >= 4 is 51.8 Å². The third kappa shape index (κ3) is 5.34. The summed E-state index contributed by atoms with van der Waals surface area (Å²) < 4.78 is 23.9. The number of nitrogens with zero attached hydrogens (tertiary/aromatic N) is 1. The molecule has 26 heavy (non-hydrogen) atoms. The lowest BCUT2D eigenvalue weighted by Crippen LogP contribution is -2.24. The summed E-state index contributed by atoms with van der Waals surface area (Å²) in [5.74, 6) is -0.491. The van der Waals surface area contributed by atoms with Gasteiger partial charge in [-0.05, 0) is 24.6 Å². The Morgan fingerprint density at radius 2 is 2.00 bits per heavy atom. The molecule has 0 unspecified atom stereocenters. The average Bonchev–Trinajstić information content (AvgIpc) is 2.51. The van der Waals surface area contributed by atoms with Gasteiger partial charge >= 0.3 is 3.93 Å². The molecule has 2 rings (SSSR count). The van der Waals surface area contributed by atoms with E-state index in [0.29, 0.717) is 11.3 Å². The zero-order valence-electron chi connectivity index (χ0n) is 13.9. The van der Waals surface area contributed by atoms with Crippen molar-refractivity contribution in [2.45, 2.75) is 24.3 Å². The van der Waals surface area contributed by atoms with E-state index < -0.39 is 9.84 Å². The molecule has 0 aliphatic heterocycles. The number of hydrogen-bond donors (Lipinski definition) is 2. The molecule has 0 aliphatic rings. The second kappa shape index (κ2) is 8.26. The molecule has 5 nitrogen and oxygen atoms in total. The smallest absolute Gasteiger partial charge is 0.323 e. The molecule has 1 aromatic heterocycles. The number of pyridine rings is 1. The zero-order chi connectivity index (χ0) is 19.5. The fourth-order valence-corrected chi connectivity index (χ4v) is 3.18. The van der Waals surface area contributed by atoms with Gasteiger partial charge in [-0.3, -0.25) is 9.59 Å². The summed E-state index contributed by atoms with van der Waals surface area (Å²) in [6, 6.07) is 7.25. The number of anilines is 1. The molecule has 0 aliphatic carbocycles. The number of aryl methyl sites for hydroxylation is 1. The van der Waals surface area contributed by atoms with Crippen LogP contribution in [-0.4, -0.2) is 16.8 Å². The number of hydrogen-bond acceptors (Lipinski definition) is 3. The van der Waals surface area contributed by atoms with Crippen LogP contribution in [-0.2, 0) is 15.3 Å². The van der Waals surface area contributed by atoms with Crippen molar-refractivity contribution in [3.63, 3.8) is 0 Å². The van der Waals surface area contributed by atoms with Crippen LogP contribution in [0.25, 0.3) is 0 Å². The van der Waals surface area contributed by atoms with Gasteiger partial charge in [0, 0.05) is 52.9 Å². The van der Waals surface area contributed by atoms with E-state index in [2.05, 4.69) is 15.6 Å². The summed E-state index contributed by atoms with van der Waals surface area (Å²) in [6.07, 6.45) is 0. The van der Waals surface area contributed by atoms with Crippen LogP contribution >= 0.6 is 34.2 Å². The summed E-state index contributed by atoms with van der Waals surface area (Å²) >= 11 is 7.04. The highest BCUT2D eigenvalue weighted by molar-refractivity contribution is 14.1. The number of halogens is 4. The van der Waals surface area contributed by atoms with Gasteiger partial charge in [-0.15, -0.1) is 0 Å². The van der Waals surface area contributed by atoms with Gasteiger partial charge < -0.3 is 10.6 Å². The lowest BCUT2D eigenvalue weighted by Gasteiger charge is -2.14. The lowest BCUT2D eigenvalue weighted by molar-refractivity contribution is -0.114. The van der Waals surface area contributed by atoms with Crippen molar-refractivity contribution in [1.82, 2.24) is 10.3 Å². The van der Waals surface area contributed by atoms with Gasteiger partial charge in [-0.25, -0.2) is 4.98 Å². The fourth-order valence-electron chi connectivity index (χ4n) is 2.26. The first-order chi connectivity index (χ1) is 12.1. The first-order valence-electron chi connectivity index (χ1n) is 7.47. The summed E-state index contributed by atoms with van der Waals surface area (Å²) in [5, 5.41) is 5.06. The van der Waals surface area contributed by atoms with Crippen LogP contribution in [0.2, 0.25) is 5.02 Å². The number of alkyl halides is 3. The summed E-state index contributed by atoms with van der Waals surface area (Å²) in [4.78, 5) is 27.6. The van der Waals surface area contributed by atoms with E-state index in [1.165, 1.54) is 25.1 Å². The predicted molar refractivity (Wildman–Crippen MR) is 104 cm³/mol. The Balaban J connectivity index is 2.17. The van der Waals surface area contributed by atoms with Crippen molar-refractivity contribution in [3.8, 4) is 0 Å². The van der Waals surface area contributed by atoms with Gasteiger partial charge in [0.15, 0.2) is 0 Å². The molecule has 1 aromatic carbocycles. The Kier molecular flexibility index (Phi) is 6.51. The third-order valence-corrected chi connectivity index (χ3v) is 4.37. The highest BCUT2D eigenvalue weighted by atomic mass is 127. The van der Waals surface area contributed by atoms with Crippen molar-refractivity contribution in [2.75, 3.05) is 5.32 Å². The van der Waals surface area contributed by atoms with Crippen molar-refractivity contribution in [2.24, 2.45) is 0 Å². The van der Waals surface area contributed by atoms with E-state index in [4.69, 9.17) is 11.6 Å². The fraction of sp³-hybridized carbons (Fsp3) is 0.235.